The Morgan fingerprint density at radius 3 is 1.15 bits per heavy atom. The van der Waals surface area contributed by atoms with Gasteiger partial charge in [0.15, 0.2) is 6.10 Å². The van der Waals surface area contributed by atoms with Crippen LogP contribution in [0.4, 0.5) is 0 Å². The second-order valence-corrected chi connectivity index (χ2v) is 14.9. The van der Waals surface area contributed by atoms with Crippen molar-refractivity contribution >= 4 is 17.9 Å². The molecule has 0 aromatic heterocycles. The molecule has 0 aromatic rings. The van der Waals surface area contributed by atoms with Gasteiger partial charge >= 0.3 is 17.9 Å². The zero-order valence-corrected chi connectivity index (χ0v) is 37.7. The highest BCUT2D eigenvalue weighted by Crippen LogP contribution is 2.12. The van der Waals surface area contributed by atoms with Gasteiger partial charge in [-0.15, -0.1) is 0 Å². The van der Waals surface area contributed by atoms with Gasteiger partial charge in [-0.05, 0) is 103 Å². The summed E-state index contributed by atoms with van der Waals surface area (Å²) in [6, 6.07) is 0. The summed E-state index contributed by atoms with van der Waals surface area (Å²) in [7, 11) is 0. The number of esters is 3. The minimum Gasteiger partial charge on any atom is -0.462 e. The summed E-state index contributed by atoms with van der Waals surface area (Å²) < 4.78 is 16.6. The van der Waals surface area contributed by atoms with Crippen molar-refractivity contribution in [3.05, 3.63) is 109 Å². The average Bonchev–Trinajstić information content (AvgIpc) is 3.23. The number of unbranched alkanes of at least 4 members (excludes halogenated alkanes) is 11. The van der Waals surface area contributed by atoms with Crippen molar-refractivity contribution in [3.63, 3.8) is 0 Å². The van der Waals surface area contributed by atoms with Gasteiger partial charge in [-0.2, -0.15) is 0 Å². The van der Waals surface area contributed by atoms with Crippen LogP contribution in [0.25, 0.3) is 0 Å². The Labute approximate surface area is 361 Å². The van der Waals surface area contributed by atoms with Crippen molar-refractivity contribution in [2.75, 3.05) is 13.2 Å². The second kappa shape index (κ2) is 46.8. The number of rotatable bonds is 40. The summed E-state index contributed by atoms with van der Waals surface area (Å²) in [5, 5.41) is 0. The maximum absolute atomic E-state index is 12.7. The van der Waals surface area contributed by atoms with Crippen molar-refractivity contribution in [1.82, 2.24) is 0 Å². The van der Waals surface area contributed by atoms with Crippen LogP contribution in [0.1, 0.15) is 188 Å². The van der Waals surface area contributed by atoms with Crippen LogP contribution in [0.5, 0.6) is 0 Å². The topological polar surface area (TPSA) is 78.9 Å². The molecule has 0 fully saturated rings. The fourth-order valence-corrected chi connectivity index (χ4v) is 5.78. The van der Waals surface area contributed by atoms with E-state index in [9.17, 15) is 14.4 Å². The molecule has 0 amide bonds. The van der Waals surface area contributed by atoms with Gasteiger partial charge < -0.3 is 14.2 Å². The molecule has 0 N–H and O–H groups in total. The highest BCUT2D eigenvalue weighted by molar-refractivity contribution is 5.71. The van der Waals surface area contributed by atoms with Gasteiger partial charge in [-0.3, -0.25) is 14.4 Å². The molecule has 1 atom stereocenters. The highest BCUT2D eigenvalue weighted by Gasteiger charge is 2.19. The Morgan fingerprint density at radius 1 is 0.356 bits per heavy atom. The third-order valence-electron chi connectivity index (χ3n) is 9.26. The first-order valence-electron chi connectivity index (χ1n) is 23.4. The van der Waals surface area contributed by atoms with Gasteiger partial charge in [0.25, 0.3) is 0 Å². The molecule has 0 heterocycles. The molecule has 0 bridgehead atoms. The van der Waals surface area contributed by atoms with Gasteiger partial charge in [0.1, 0.15) is 13.2 Å². The van der Waals surface area contributed by atoms with E-state index in [-0.39, 0.29) is 37.5 Å². The molecular formula is C53H84O6. The van der Waals surface area contributed by atoms with Gasteiger partial charge in [0.2, 0.25) is 0 Å². The predicted molar refractivity (Wildman–Crippen MR) is 251 cm³/mol. The molecule has 59 heavy (non-hydrogen) atoms. The van der Waals surface area contributed by atoms with Crippen molar-refractivity contribution in [2.24, 2.45) is 0 Å². The smallest absolute Gasteiger partial charge is 0.306 e. The SMILES string of the molecule is CC/C=C\C/C=C\C/C=C\C/C=C\C/C=C\C/C=C\CCC(=O)OCC(COC(=O)CCCCCC/C=C\CCCC)OC(=O)CCCCCCC/C=C\C/C=C\CC. The maximum atomic E-state index is 12.7. The lowest BCUT2D eigenvalue weighted by Crippen LogP contribution is -2.30. The summed E-state index contributed by atoms with van der Waals surface area (Å²) >= 11 is 0. The van der Waals surface area contributed by atoms with Crippen LogP contribution in [0.15, 0.2) is 109 Å². The highest BCUT2D eigenvalue weighted by atomic mass is 16.6. The van der Waals surface area contributed by atoms with Crippen molar-refractivity contribution in [3.8, 4) is 0 Å². The fourth-order valence-electron chi connectivity index (χ4n) is 5.78. The van der Waals surface area contributed by atoms with Crippen LogP contribution in [-0.4, -0.2) is 37.2 Å². The van der Waals surface area contributed by atoms with Crippen molar-refractivity contribution < 1.29 is 28.6 Å². The van der Waals surface area contributed by atoms with Gasteiger partial charge in [0.05, 0.1) is 0 Å². The molecule has 0 aromatic carbocycles. The van der Waals surface area contributed by atoms with Gasteiger partial charge in [-0.1, -0.05) is 175 Å². The number of hydrogen-bond donors (Lipinski definition) is 0. The average molecular weight is 817 g/mol. The molecule has 6 nitrogen and oxygen atoms in total. The maximum Gasteiger partial charge on any atom is 0.306 e. The summed E-state index contributed by atoms with van der Waals surface area (Å²) in [6.07, 6.45) is 62.3. The normalized spacial score (nSPS) is 13.1. The third kappa shape index (κ3) is 45.0. The molecule has 0 spiro atoms. The molecule has 0 rings (SSSR count). The second-order valence-electron chi connectivity index (χ2n) is 14.9. The van der Waals surface area contributed by atoms with E-state index in [1.54, 1.807) is 0 Å². The summed E-state index contributed by atoms with van der Waals surface area (Å²) in [6.45, 7) is 6.25. The number of carbonyl (C=O) groups is 3. The molecule has 1 unspecified atom stereocenters. The van der Waals surface area contributed by atoms with E-state index in [0.717, 1.165) is 128 Å². The van der Waals surface area contributed by atoms with Crippen LogP contribution < -0.4 is 0 Å². The Kier molecular flexibility index (Phi) is 43.6. The summed E-state index contributed by atoms with van der Waals surface area (Å²) in [5.74, 6) is -1.04. The van der Waals surface area contributed by atoms with Crippen LogP contribution in [-0.2, 0) is 28.6 Å². The van der Waals surface area contributed by atoms with Crippen molar-refractivity contribution in [2.45, 2.75) is 194 Å². The molecular weight excluding hydrogens is 733 g/mol. The van der Waals surface area contributed by atoms with E-state index in [1.807, 2.05) is 12.2 Å². The molecule has 332 valence electrons. The number of ether oxygens (including phenoxy) is 3. The largest absolute Gasteiger partial charge is 0.462 e. The molecule has 0 radical (unpaired) electrons. The first-order chi connectivity index (χ1) is 29.0. The summed E-state index contributed by atoms with van der Waals surface area (Å²) in [4.78, 5) is 37.7. The zero-order chi connectivity index (χ0) is 43.0. The van der Waals surface area contributed by atoms with E-state index < -0.39 is 6.10 Å². The lowest BCUT2D eigenvalue weighted by atomic mass is 10.1. The standard InChI is InChI=1S/C53H84O6/c1-4-7-10-13-16-19-22-24-25-26-27-28-29-30-32-34-37-40-43-46-52(55)58-49-50(48-57-51(54)45-42-39-36-33-21-18-15-12-9-6-3)59-53(56)47-44-41-38-35-31-23-20-17-14-11-8-5-2/h7-8,10-11,15-20,24-25,27-28,30,32,37,40,50H,4-6,9,12-14,21-23,26,29,31,33-36,38-39,41-49H2,1-3H3/b10-7-,11-8-,18-15-,19-16-,20-17-,25-24-,28-27-,32-30-,40-37-. The van der Waals surface area contributed by atoms with E-state index in [2.05, 4.69) is 118 Å². The molecule has 0 saturated heterocycles. The number of allylic oxidation sites excluding steroid dienone is 18. The van der Waals surface area contributed by atoms with Crippen LogP contribution >= 0.6 is 0 Å². The summed E-state index contributed by atoms with van der Waals surface area (Å²) in [5.41, 5.74) is 0. The minimum atomic E-state index is -0.820. The number of hydrogen-bond acceptors (Lipinski definition) is 6. The van der Waals surface area contributed by atoms with E-state index >= 15 is 0 Å². The van der Waals surface area contributed by atoms with E-state index in [1.165, 1.54) is 12.8 Å². The molecule has 0 aliphatic rings. The van der Waals surface area contributed by atoms with E-state index in [0.29, 0.717) is 19.3 Å². The minimum absolute atomic E-state index is 0.116. The Morgan fingerprint density at radius 2 is 0.695 bits per heavy atom. The zero-order valence-electron chi connectivity index (χ0n) is 37.7. The van der Waals surface area contributed by atoms with Gasteiger partial charge in [-0.25, -0.2) is 0 Å². The van der Waals surface area contributed by atoms with Crippen LogP contribution in [0, 0.1) is 0 Å². The Balaban J connectivity index is 4.52. The lowest BCUT2D eigenvalue weighted by molar-refractivity contribution is -0.166. The quantitative estimate of drug-likeness (QED) is 0.0265. The Hall–Kier alpha value is -3.93. The molecule has 0 aliphatic carbocycles. The third-order valence-corrected chi connectivity index (χ3v) is 9.26. The lowest BCUT2D eigenvalue weighted by Gasteiger charge is -2.18. The predicted octanol–water partition coefficient (Wildman–Crippen LogP) is 15.2. The van der Waals surface area contributed by atoms with Crippen LogP contribution in [0.2, 0.25) is 0 Å². The van der Waals surface area contributed by atoms with E-state index in [4.69, 9.17) is 14.2 Å². The van der Waals surface area contributed by atoms with Crippen molar-refractivity contribution in [1.29, 1.82) is 0 Å². The van der Waals surface area contributed by atoms with Gasteiger partial charge in [0, 0.05) is 19.3 Å². The first kappa shape index (κ1) is 55.1. The molecule has 0 aliphatic heterocycles. The number of carbonyl (C=O) groups excluding carboxylic acids is 3. The Bertz CT molecular complexity index is 1260. The fraction of sp³-hybridized carbons (Fsp3) is 0.604. The monoisotopic (exact) mass is 817 g/mol. The molecule has 6 heteroatoms. The molecule has 0 saturated carbocycles. The van der Waals surface area contributed by atoms with Crippen LogP contribution in [0.3, 0.4) is 0 Å². The first-order valence-corrected chi connectivity index (χ1v) is 23.4.